The lowest BCUT2D eigenvalue weighted by atomic mass is 10.0. The van der Waals surface area contributed by atoms with Gasteiger partial charge in [0.25, 0.3) is 5.91 Å². The molecule has 5 heteroatoms. The standard InChI is InChI=1S/C19H22ClN3O/c1-21-14-6-8-23(9-7-14)19(24)16-11-18(12-2-3-12)22-17-5-4-13(20)10-15(16)17/h4-5,10-12,14,21H,2-3,6-9H2,1H3. The first-order valence-electron chi connectivity index (χ1n) is 8.72. The van der Waals surface area contributed by atoms with Gasteiger partial charge in [-0.3, -0.25) is 9.78 Å². The number of fused-ring (bicyclic) bond motifs is 1. The molecule has 1 aromatic carbocycles. The minimum Gasteiger partial charge on any atom is -0.339 e. The van der Waals surface area contributed by atoms with Gasteiger partial charge in [-0.1, -0.05) is 11.6 Å². The van der Waals surface area contributed by atoms with Crippen molar-refractivity contribution < 1.29 is 4.79 Å². The van der Waals surface area contributed by atoms with E-state index in [2.05, 4.69) is 5.32 Å². The minimum atomic E-state index is 0.112. The van der Waals surface area contributed by atoms with E-state index in [0.717, 1.165) is 48.1 Å². The van der Waals surface area contributed by atoms with Crippen molar-refractivity contribution in [2.45, 2.75) is 37.6 Å². The van der Waals surface area contributed by atoms with E-state index in [1.54, 1.807) is 0 Å². The number of benzene rings is 1. The van der Waals surface area contributed by atoms with Crippen LogP contribution in [-0.2, 0) is 0 Å². The van der Waals surface area contributed by atoms with Crippen molar-refractivity contribution in [3.63, 3.8) is 0 Å². The Labute approximate surface area is 147 Å². The zero-order chi connectivity index (χ0) is 16.7. The SMILES string of the molecule is CNC1CCN(C(=O)c2cc(C3CC3)nc3ccc(Cl)cc23)CC1. The third-order valence-corrected chi connectivity index (χ3v) is 5.44. The number of nitrogens with zero attached hydrogens (tertiary/aromatic N) is 2. The highest BCUT2D eigenvalue weighted by Crippen LogP contribution is 2.40. The van der Waals surface area contributed by atoms with E-state index in [0.29, 0.717) is 17.0 Å². The Morgan fingerprint density at radius 3 is 2.62 bits per heavy atom. The quantitative estimate of drug-likeness (QED) is 0.926. The van der Waals surface area contributed by atoms with Crippen LogP contribution in [0, 0.1) is 0 Å². The molecule has 2 fully saturated rings. The Bertz CT molecular complexity index is 780. The van der Waals surface area contributed by atoms with Crippen molar-refractivity contribution in [3.05, 3.63) is 40.5 Å². The monoisotopic (exact) mass is 343 g/mol. The van der Waals surface area contributed by atoms with Gasteiger partial charge in [0.1, 0.15) is 0 Å². The number of hydrogen-bond acceptors (Lipinski definition) is 3. The van der Waals surface area contributed by atoms with Crippen LogP contribution in [-0.4, -0.2) is 42.0 Å². The molecule has 1 amide bonds. The Morgan fingerprint density at radius 1 is 1.21 bits per heavy atom. The maximum Gasteiger partial charge on any atom is 0.254 e. The molecule has 2 aliphatic rings. The van der Waals surface area contributed by atoms with Crippen LogP contribution in [0.15, 0.2) is 24.3 Å². The second-order valence-corrected chi connectivity index (χ2v) is 7.32. The zero-order valence-corrected chi connectivity index (χ0v) is 14.6. The summed E-state index contributed by atoms with van der Waals surface area (Å²) in [5.41, 5.74) is 2.68. The maximum atomic E-state index is 13.1. The molecule has 126 valence electrons. The number of carbonyl (C=O) groups is 1. The number of pyridine rings is 1. The molecule has 2 aromatic rings. The van der Waals surface area contributed by atoms with Crippen LogP contribution in [0.3, 0.4) is 0 Å². The summed E-state index contributed by atoms with van der Waals surface area (Å²) in [6.07, 6.45) is 4.35. The van der Waals surface area contributed by atoms with Crippen LogP contribution in [0.1, 0.15) is 47.7 Å². The molecule has 1 N–H and O–H groups in total. The van der Waals surface area contributed by atoms with E-state index in [4.69, 9.17) is 16.6 Å². The molecule has 0 bridgehead atoms. The topological polar surface area (TPSA) is 45.2 Å². The Kier molecular flexibility index (Phi) is 4.19. The van der Waals surface area contributed by atoms with Crippen molar-refractivity contribution >= 4 is 28.4 Å². The molecular formula is C19H22ClN3O. The molecule has 1 saturated carbocycles. The van der Waals surface area contributed by atoms with Crippen molar-refractivity contribution in [1.29, 1.82) is 0 Å². The molecule has 0 unspecified atom stereocenters. The summed E-state index contributed by atoms with van der Waals surface area (Å²) in [5, 5.41) is 4.82. The predicted octanol–water partition coefficient (Wildman–Crippen LogP) is 3.59. The van der Waals surface area contributed by atoms with Gasteiger partial charge >= 0.3 is 0 Å². The Hall–Kier alpha value is -1.65. The third-order valence-electron chi connectivity index (χ3n) is 5.21. The van der Waals surface area contributed by atoms with Gasteiger partial charge in [0.05, 0.1) is 11.1 Å². The molecular weight excluding hydrogens is 322 g/mol. The van der Waals surface area contributed by atoms with Gasteiger partial charge in [0, 0.05) is 41.2 Å². The van der Waals surface area contributed by atoms with Gasteiger partial charge in [-0.15, -0.1) is 0 Å². The van der Waals surface area contributed by atoms with Crippen LogP contribution in [0.5, 0.6) is 0 Å². The smallest absolute Gasteiger partial charge is 0.254 e. The van der Waals surface area contributed by atoms with Crippen LogP contribution >= 0.6 is 11.6 Å². The first kappa shape index (κ1) is 15.9. The number of piperidine rings is 1. The van der Waals surface area contributed by atoms with Gasteiger partial charge in [0.2, 0.25) is 0 Å². The fraction of sp³-hybridized carbons (Fsp3) is 0.474. The fourth-order valence-electron chi connectivity index (χ4n) is 3.53. The second-order valence-electron chi connectivity index (χ2n) is 6.89. The summed E-state index contributed by atoms with van der Waals surface area (Å²) in [6.45, 7) is 1.60. The van der Waals surface area contributed by atoms with Gasteiger partial charge in [-0.2, -0.15) is 0 Å². The predicted molar refractivity (Wildman–Crippen MR) is 96.7 cm³/mol. The van der Waals surface area contributed by atoms with E-state index in [1.807, 2.05) is 36.2 Å². The molecule has 0 spiro atoms. The molecule has 0 atom stereocenters. The minimum absolute atomic E-state index is 0.112. The molecule has 24 heavy (non-hydrogen) atoms. The number of carbonyl (C=O) groups excluding carboxylic acids is 1. The molecule has 4 nitrogen and oxygen atoms in total. The Morgan fingerprint density at radius 2 is 1.96 bits per heavy atom. The number of amides is 1. The average molecular weight is 344 g/mol. The lowest BCUT2D eigenvalue weighted by molar-refractivity contribution is 0.0709. The lowest BCUT2D eigenvalue weighted by Gasteiger charge is -2.32. The Balaban J connectivity index is 1.71. The zero-order valence-electron chi connectivity index (χ0n) is 13.9. The van der Waals surface area contributed by atoms with Crippen molar-refractivity contribution in [3.8, 4) is 0 Å². The summed E-state index contributed by atoms with van der Waals surface area (Å²) < 4.78 is 0. The van der Waals surface area contributed by atoms with E-state index in [1.165, 1.54) is 12.8 Å². The van der Waals surface area contributed by atoms with Crippen molar-refractivity contribution in [1.82, 2.24) is 15.2 Å². The second kappa shape index (κ2) is 6.34. The van der Waals surface area contributed by atoms with E-state index in [9.17, 15) is 4.79 Å². The summed E-state index contributed by atoms with van der Waals surface area (Å²) in [6, 6.07) is 8.16. The number of aromatic nitrogens is 1. The molecule has 0 radical (unpaired) electrons. The van der Waals surface area contributed by atoms with E-state index >= 15 is 0 Å². The summed E-state index contributed by atoms with van der Waals surface area (Å²) >= 11 is 6.17. The lowest BCUT2D eigenvalue weighted by Crippen LogP contribution is -2.44. The highest BCUT2D eigenvalue weighted by atomic mass is 35.5. The fourth-order valence-corrected chi connectivity index (χ4v) is 3.70. The summed E-state index contributed by atoms with van der Waals surface area (Å²) in [7, 11) is 1.99. The average Bonchev–Trinajstić information content (AvgIpc) is 3.45. The molecule has 2 heterocycles. The number of rotatable bonds is 3. The number of halogens is 1. The van der Waals surface area contributed by atoms with Crippen LogP contribution in [0.25, 0.3) is 10.9 Å². The van der Waals surface area contributed by atoms with Crippen LogP contribution < -0.4 is 5.32 Å². The molecule has 1 aromatic heterocycles. The highest BCUT2D eigenvalue weighted by molar-refractivity contribution is 6.31. The molecule has 1 saturated heterocycles. The summed E-state index contributed by atoms with van der Waals surface area (Å²) in [5.74, 6) is 0.632. The van der Waals surface area contributed by atoms with Gasteiger partial charge < -0.3 is 10.2 Å². The maximum absolute atomic E-state index is 13.1. The number of likely N-dealkylation sites (tertiary alicyclic amines) is 1. The van der Waals surface area contributed by atoms with E-state index in [-0.39, 0.29) is 5.91 Å². The van der Waals surface area contributed by atoms with Crippen LogP contribution in [0.4, 0.5) is 0 Å². The third kappa shape index (κ3) is 3.01. The van der Waals surface area contributed by atoms with Crippen molar-refractivity contribution in [2.24, 2.45) is 0 Å². The highest BCUT2D eigenvalue weighted by Gasteiger charge is 2.29. The van der Waals surface area contributed by atoms with Crippen molar-refractivity contribution in [2.75, 3.05) is 20.1 Å². The first-order valence-corrected chi connectivity index (χ1v) is 9.10. The number of hydrogen-bond donors (Lipinski definition) is 1. The molecule has 4 rings (SSSR count). The normalized spacial score (nSPS) is 19.0. The largest absolute Gasteiger partial charge is 0.339 e. The van der Waals surface area contributed by atoms with E-state index < -0.39 is 0 Å². The number of nitrogens with one attached hydrogen (secondary N) is 1. The molecule has 1 aliphatic heterocycles. The summed E-state index contributed by atoms with van der Waals surface area (Å²) in [4.78, 5) is 19.9. The molecule has 1 aliphatic carbocycles. The van der Waals surface area contributed by atoms with Gasteiger partial charge in [0.15, 0.2) is 0 Å². The van der Waals surface area contributed by atoms with Gasteiger partial charge in [-0.25, -0.2) is 0 Å². The van der Waals surface area contributed by atoms with Gasteiger partial charge in [-0.05, 0) is 57.0 Å². The van der Waals surface area contributed by atoms with Crippen LogP contribution in [0.2, 0.25) is 5.02 Å². The first-order chi connectivity index (χ1) is 11.7.